The number of aromatic nitrogens is 2. The van der Waals surface area contributed by atoms with Crippen LogP contribution in [0.2, 0.25) is 0 Å². The van der Waals surface area contributed by atoms with Gasteiger partial charge in [0.15, 0.2) is 0 Å². The van der Waals surface area contributed by atoms with Gasteiger partial charge < -0.3 is 10.3 Å². The van der Waals surface area contributed by atoms with Crippen molar-refractivity contribution in [1.29, 1.82) is 0 Å². The molecular weight excluding hydrogens is 234 g/mol. The quantitative estimate of drug-likeness (QED) is 0.705. The van der Waals surface area contributed by atoms with E-state index < -0.39 is 0 Å². The van der Waals surface area contributed by atoms with Crippen LogP contribution in [0, 0.1) is 0 Å². The molecular formula is C16H29N3. The van der Waals surface area contributed by atoms with Crippen LogP contribution in [-0.4, -0.2) is 9.55 Å². The van der Waals surface area contributed by atoms with Gasteiger partial charge in [-0.05, 0) is 39.5 Å². The van der Waals surface area contributed by atoms with E-state index in [1.807, 2.05) is 0 Å². The number of rotatable bonds is 8. The van der Waals surface area contributed by atoms with Crippen molar-refractivity contribution in [1.82, 2.24) is 9.55 Å². The van der Waals surface area contributed by atoms with E-state index in [0.717, 1.165) is 17.9 Å². The molecule has 2 rings (SSSR count). The topological polar surface area (TPSA) is 43.8 Å². The zero-order chi connectivity index (χ0) is 13.8. The molecule has 0 aliphatic heterocycles. The van der Waals surface area contributed by atoms with E-state index in [1.54, 1.807) is 0 Å². The van der Waals surface area contributed by atoms with Crippen molar-refractivity contribution in [2.45, 2.75) is 84.1 Å². The smallest absolute Gasteiger partial charge is 0.127 e. The SMILES string of the molecule is CCCCCCCc1nc(C2CC2)n(C(C)C)c1N. The second-order valence-corrected chi connectivity index (χ2v) is 6.20. The molecule has 0 unspecified atom stereocenters. The molecule has 1 aromatic rings. The van der Waals surface area contributed by atoms with Crippen molar-refractivity contribution in [3.05, 3.63) is 11.5 Å². The number of imidazole rings is 1. The van der Waals surface area contributed by atoms with E-state index in [9.17, 15) is 0 Å². The highest BCUT2D eigenvalue weighted by molar-refractivity contribution is 5.40. The minimum atomic E-state index is 0.428. The molecule has 108 valence electrons. The zero-order valence-electron chi connectivity index (χ0n) is 12.8. The zero-order valence-corrected chi connectivity index (χ0v) is 12.8. The largest absolute Gasteiger partial charge is 0.384 e. The first-order valence-electron chi connectivity index (χ1n) is 8.01. The lowest BCUT2D eigenvalue weighted by Gasteiger charge is -2.13. The van der Waals surface area contributed by atoms with Gasteiger partial charge in [0, 0.05) is 12.0 Å². The number of nitrogens with zero attached hydrogens (tertiary/aromatic N) is 2. The van der Waals surface area contributed by atoms with Crippen molar-refractivity contribution in [3.63, 3.8) is 0 Å². The number of nitrogen functional groups attached to an aromatic ring is 1. The van der Waals surface area contributed by atoms with Crippen molar-refractivity contribution in [2.75, 3.05) is 5.73 Å². The predicted octanol–water partition coefficient (Wildman–Crippen LogP) is 4.44. The molecule has 0 saturated heterocycles. The van der Waals surface area contributed by atoms with Gasteiger partial charge in [0.1, 0.15) is 11.6 Å². The highest BCUT2D eigenvalue weighted by Gasteiger charge is 2.31. The average molecular weight is 263 g/mol. The summed E-state index contributed by atoms with van der Waals surface area (Å²) in [5.41, 5.74) is 7.46. The van der Waals surface area contributed by atoms with Crippen LogP contribution in [0.5, 0.6) is 0 Å². The molecule has 0 aromatic carbocycles. The van der Waals surface area contributed by atoms with Crippen LogP contribution in [-0.2, 0) is 6.42 Å². The monoisotopic (exact) mass is 263 g/mol. The molecule has 0 amide bonds. The summed E-state index contributed by atoms with van der Waals surface area (Å²) in [6.45, 7) is 6.66. The normalized spacial score (nSPS) is 15.4. The maximum atomic E-state index is 6.31. The number of aryl methyl sites for hydroxylation is 1. The molecule has 3 heteroatoms. The van der Waals surface area contributed by atoms with E-state index in [1.165, 1.54) is 50.8 Å². The molecule has 1 aromatic heterocycles. The summed E-state index contributed by atoms with van der Waals surface area (Å²) in [5.74, 6) is 2.85. The Kier molecular flexibility index (Phi) is 4.89. The van der Waals surface area contributed by atoms with E-state index in [0.29, 0.717) is 12.0 Å². The van der Waals surface area contributed by atoms with Crippen LogP contribution in [0.25, 0.3) is 0 Å². The Hall–Kier alpha value is -0.990. The van der Waals surface area contributed by atoms with Crippen LogP contribution < -0.4 is 5.73 Å². The highest BCUT2D eigenvalue weighted by Crippen LogP contribution is 2.42. The average Bonchev–Trinajstić information content (AvgIpc) is 3.15. The van der Waals surface area contributed by atoms with Crippen molar-refractivity contribution >= 4 is 5.82 Å². The summed E-state index contributed by atoms with van der Waals surface area (Å²) >= 11 is 0. The van der Waals surface area contributed by atoms with Gasteiger partial charge in [0.25, 0.3) is 0 Å². The third kappa shape index (κ3) is 3.52. The summed E-state index contributed by atoms with van der Waals surface area (Å²) in [4.78, 5) is 4.85. The van der Waals surface area contributed by atoms with Gasteiger partial charge in [0.05, 0.1) is 5.69 Å². The van der Waals surface area contributed by atoms with Gasteiger partial charge in [-0.2, -0.15) is 0 Å². The first-order valence-corrected chi connectivity index (χ1v) is 8.01. The first-order chi connectivity index (χ1) is 9.15. The predicted molar refractivity (Wildman–Crippen MR) is 81.5 cm³/mol. The fourth-order valence-corrected chi connectivity index (χ4v) is 2.76. The molecule has 2 N–H and O–H groups in total. The summed E-state index contributed by atoms with van der Waals surface area (Å²) < 4.78 is 2.26. The Balaban J connectivity index is 1.98. The van der Waals surface area contributed by atoms with Gasteiger partial charge in [-0.25, -0.2) is 4.98 Å². The second kappa shape index (κ2) is 6.44. The maximum absolute atomic E-state index is 6.31. The Morgan fingerprint density at radius 1 is 1.21 bits per heavy atom. The first kappa shape index (κ1) is 14.4. The summed E-state index contributed by atoms with van der Waals surface area (Å²) in [6.07, 6.45) is 10.2. The Labute approximate surface area is 117 Å². The number of hydrogen-bond donors (Lipinski definition) is 1. The van der Waals surface area contributed by atoms with E-state index >= 15 is 0 Å². The van der Waals surface area contributed by atoms with E-state index in [-0.39, 0.29) is 0 Å². The van der Waals surface area contributed by atoms with Crippen LogP contribution in [0.15, 0.2) is 0 Å². The van der Waals surface area contributed by atoms with Gasteiger partial charge in [0.2, 0.25) is 0 Å². The molecule has 1 aliphatic rings. The Bertz CT molecular complexity index is 402. The fourth-order valence-electron chi connectivity index (χ4n) is 2.76. The lowest BCUT2D eigenvalue weighted by molar-refractivity contribution is 0.576. The van der Waals surface area contributed by atoms with Gasteiger partial charge in [-0.1, -0.05) is 32.6 Å². The minimum absolute atomic E-state index is 0.428. The van der Waals surface area contributed by atoms with Crippen molar-refractivity contribution in [3.8, 4) is 0 Å². The molecule has 1 fully saturated rings. The van der Waals surface area contributed by atoms with Crippen molar-refractivity contribution < 1.29 is 0 Å². The molecule has 19 heavy (non-hydrogen) atoms. The lowest BCUT2D eigenvalue weighted by atomic mass is 10.1. The molecule has 1 aliphatic carbocycles. The summed E-state index contributed by atoms with van der Waals surface area (Å²) in [5, 5.41) is 0. The lowest BCUT2D eigenvalue weighted by Crippen LogP contribution is -2.09. The molecule has 1 saturated carbocycles. The highest BCUT2D eigenvalue weighted by atomic mass is 15.2. The van der Waals surface area contributed by atoms with Gasteiger partial charge in [-0.15, -0.1) is 0 Å². The van der Waals surface area contributed by atoms with E-state index in [4.69, 9.17) is 10.7 Å². The fraction of sp³-hybridized carbons (Fsp3) is 0.812. The molecule has 1 heterocycles. The van der Waals surface area contributed by atoms with Gasteiger partial charge in [-0.3, -0.25) is 0 Å². The molecule has 0 atom stereocenters. The number of hydrogen-bond acceptors (Lipinski definition) is 2. The molecule has 3 nitrogen and oxygen atoms in total. The van der Waals surface area contributed by atoms with Crippen LogP contribution in [0.1, 0.15) is 89.2 Å². The molecule has 0 bridgehead atoms. The number of unbranched alkanes of at least 4 members (excludes halogenated alkanes) is 4. The summed E-state index contributed by atoms with van der Waals surface area (Å²) in [7, 11) is 0. The maximum Gasteiger partial charge on any atom is 0.127 e. The minimum Gasteiger partial charge on any atom is -0.384 e. The van der Waals surface area contributed by atoms with E-state index in [2.05, 4.69) is 25.3 Å². The number of nitrogens with two attached hydrogens (primary N) is 1. The Morgan fingerprint density at radius 3 is 2.47 bits per heavy atom. The van der Waals surface area contributed by atoms with Crippen LogP contribution in [0.3, 0.4) is 0 Å². The molecule has 0 radical (unpaired) electrons. The van der Waals surface area contributed by atoms with Crippen molar-refractivity contribution in [2.24, 2.45) is 0 Å². The third-order valence-electron chi connectivity index (χ3n) is 4.03. The standard InChI is InChI=1S/C16H29N3/c1-4-5-6-7-8-9-14-15(17)19(12(2)3)16(18-14)13-10-11-13/h12-13H,4-11,17H2,1-3H3. The third-order valence-corrected chi connectivity index (χ3v) is 4.03. The van der Waals surface area contributed by atoms with Gasteiger partial charge >= 0.3 is 0 Å². The summed E-state index contributed by atoms with van der Waals surface area (Å²) in [6, 6.07) is 0.428. The second-order valence-electron chi connectivity index (χ2n) is 6.20. The Morgan fingerprint density at radius 2 is 1.89 bits per heavy atom. The number of anilines is 1. The molecule has 0 spiro atoms. The van der Waals surface area contributed by atoms with Crippen LogP contribution >= 0.6 is 0 Å². The van der Waals surface area contributed by atoms with Crippen LogP contribution in [0.4, 0.5) is 5.82 Å².